The van der Waals surface area contributed by atoms with Gasteiger partial charge in [0.05, 0.1) is 6.04 Å². The van der Waals surface area contributed by atoms with Crippen molar-refractivity contribution in [3.8, 4) is 0 Å². The van der Waals surface area contributed by atoms with E-state index in [-0.39, 0.29) is 5.22 Å². The lowest BCUT2D eigenvalue weighted by atomic mass is 10.3. The van der Waals surface area contributed by atoms with Gasteiger partial charge in [-0.2, -0.15) is 0 Å². The van der Waals surface area contributed by atoms with Crippen molar-refractivity contribution in [3.05, 3.63) is 23.1 Å². The van der Waals surface area contributed by atoms with Crippen LogP contribution in [0.25, 0.3) is 0 Å². The Morgan fingerprint density at radius 2 is 2.40 bits per heavy atom. The Morgan fingerprint density at radius 3 is 2.80 bits per heavy atom. The number of furan rings is 1. The van der Waals surface area contributed by atoms with Crippen LogP contribution in [-0.2, 0) is 0 Å². The van der Waals surface area contributed by atoms with Gasteiger partial charge >= 0.3 is 0 Å². The predicted molar refractivity (Wildman–Crippen MR) is 36.6 cm³/mol. The van der Waals surface area contributed by atoms with Crippen molar-refractivity contribution >= 4 is 11.6 Å². The van der Waals surface area contributed by atoms with Crippen molar-refractivity contribution < 1.29 is 8.81 Å². The minimum absolute atomic E-state index is 0.235. The third-order valence-corrected chi connectivity index (χ3v) is 1.33. The van der Waals surface area contributed by atoms with Crippen LogP contribution in [-0.4, -0.2) is 6.67 Å². The van der Waals surface area contributed by atoms with E-state index in [1.807, 2.05) is 0 Å². The largest absolute Gasteiger partial charge is 0.448 e. The van der Waals surface area contributed by atoms with Gasteiger partial charge in [0.2, 0.25) is 0 Å². The Hall–Kier alpha value is -0.540. The van der Waals surface area contributed by atoms with Gasteiger partial charge in [-0.25, -0.2) is 4.39 Å². The molecule has 0 aliphatic rings. The van der Waals surface area contributed by atoms with Gasteiger partial charge in [0.1, 0.15) is 12.4 Å². The summed E-state index contributed by atoms with van der Waals surface area (Å²) >= 11 is 5.42. The van der Waals surface area contributed by atoms with Gasteiger partial charge in [0.25, 0.3) is 0 Å². The fourth-order valence-corrected chi connectivity index (χ4v) is 0.756. The highest BCUT2D eigenvalue weighted by Gasteiger charge is 2.08. The molecule has 10 heavy (non-hydrogen) atoms. The van der Waals surface area contributed by atoms with Crippen molar-refractivity contribution in [1.29, 1.82) is 0 Å². The molecule has 1 heterocycles. The molecular weight excluding hydrogens is 157 g/mol. The average Bonchev–Trinajstić information content (AvgIpc) is 2.34. The first-order valence-electron chi connectivity index (χ1n) is 2.81. The molecule has 1 aromatic heterocycles. The highest BCUT2D eigenvalue weighted by molar-refractivity contribution is 6.28. The van der Waals surface area contributed by atoms with Gasteiger partial charge in [-0.15, -0.1) is 0 Å². The number of halogens is 2. The van der Waals surface area contributed by atoms with E-state index in [2.05, 4.69) is 0 Å². The molecule has 2 nitrogen and oxygen atoms in total. The summed E-state index contributed by atoms with van der Waals surface area (Å²) in [6.07, 6.45) is 0. The fourth-order valence-electron chi connectivity index (χ4n) is 0.604. The van der Waals surface area contributed by atoms with Crippen molar-refractivity contribution in [2.75, 3.05) is 6.67 Å². The summed E-state index contributed by atoms with van der Waals surface area (Å²) < 4.78 is 16.7. The highest BCUT2D eigenvalue weighted by atomic mass is 35.5. The van der Waals surface area contributed by atoms with E-state index in [1.54, 1.807) is 6.07 Å². The molecule has 1 unspecified atom stereocenters. The molecule has 56 valence electrons. The number of rotatable bonds is 2. The molecule has 0 fully saturated rings. The second kappa shape index (κ2) is 3.03. The number of hydrogen-bond donors (Lipinski definition) is 1. The van der Waals surface area contributed by atoms with Gasteiger partial charge in [-0.1, -0.05) is 0 Å². The smallest absolute Gasteiger partial charge is 0.193 e. The first-order valence-corrected chi connectivity index (χ1v) is 3.18. The minimum atomic E-state index is -0.688. The number of alkyl halides is 1. The summed E-state index contributed by atoms with van der Waals surface area (Å²) in [6, 6.07) is 2.41. The average molecular weight is 164 g/mol. The lowest BCUT2D eigenvalue weighted by Crippen LogP contribution is -2.10. The second-order valence-corrected chi connectivity index (χ2v) is 2.28. The first kappa shape index (κ1) is 7.57. The predicted octanol–water partition coefficient (Wildman–Crippen LogP) is 1.90. The van der Waals surface area contributed by atoms with Crippen LogP contribution in [0.5, 0.6) is 0 Å². The summed E-state index contributed by atoms with van der Waals surface area (Å²) in [5, 5.41) is 0.235. The van der Waals surface area contributed by atoms with E-state index in [9.17, 15) is 4.39 Å². The topological polar surface area (TPSA) is 39.2 Å². The van der Waals surface area contributed by atoms with Gasteiger partial charge in [-0.3, -0.25) is 0 Å². The van der Waals surface area contributed by atoms with Gasteiger partial charge in [0.15, 0.2) is 5.22 Å². The van der Waals surface area contributed by atoms with Gasteiger partial charge < -0.3 is 10.2 Å². The minimum Gasteiger partial charge on any atom is -0.448 e. The Morgan fingerprint density at radius 1 is 1.70 bits per heavy atom. The summed E-state index contributed by atoms with van der Waals surface area (Å²) in [4.78, 5) is 0. The third-order valence-electron chi connectivity index (χ3n) is 1.13. The molecular formula is C6H7ClFNO. The number of hydrogen-bond acceptors (Lipinski definition) is 2. The molecule has 1 rings (SSSR count). The Labute approximate surface area is 62.8 Å². The van der Waals surface area contributed by atoms with Crippen LogP contribution < -0.4 is 5.73 Å². The third kappa shape index (κ3) is 1.49. The maximum atomic E-state index is 11.9. The van der Waals surface area contributed by atoms with E-state index in [1.165, 1.54) is 6.07 Å². The maximum Gasteiger partial charge on any atom is 0.193 e. The van der Waals surface area contributed by atoms with Crippen LogP contribution in [0, 0.1) is 0 Å². The molecule has 0 radical (unpaired) electrons. The molecule has 0 saturated carbocycles. The summed E-state index contributed by atoms with van der Waals surface area (Å²) in [5.41, 5.74) is 5.28. The molecule has 0 spiro atoms. The Kier molecular flexibility index (Phi) is 2.29. The molecule has 0 amide bonds. The van der Waals surface area contributed by atoms with Crippen LogP contribution in [0.15, 0.2) is 16.5 Å². The number of nitrogens with two attached hydrogens (primary N) is 1. The highest BCUT2D eigenvalue weighted by Crippen LogP contribution is 2.18. The van der Waals surface area contributed by atoms with Crippen molar-refractivity contribution in [3.63, 3.8) is 0 Å². The van der Waals surface area contributed by atoms with E-state index in [4.69, 9.17) is 21.8 Å². The lowest BCUT2D eigenvalue weighted by Gasteiger charge is -1.99. The van der Waals surface area contributed by atoms with E-state index < -0.39 is 12.7 Å². The quantitative estimate of drug-likeness (QED) is 0.723. The zero-order chi connectivity index (χ0) is 7.56. The molecule has 0 aliphatic carbocycles. The van der Waals surface area contributed by atoms with E-state index in [0.717, 1.165) is 0 Å². The monoisotopic (exact) mass is 163 g/mol. The molecule has 0 aromatic carbocycles. The van der Waals surface area contributed by atoms with Crippen LogP contribution in [0.4, 0.5) is 4.39 Å². The van der Waals surface area contributed by atoms with Crippen LogP contribution in [0.2, 0.25) is 5.22 Å². The van der Waals surface area contributed by atoms with Crippen molar-refractivity contribution in [1.82, 2.24) is 0 Å². The molecule has 0 aliphatic heterocycles. The van der Waals surface area contributed by atoms with Crippen molar-refractivity contribution in [2.45, 2.75) is 6.04 Å². The fraction of sp³-hybridized carbons (Fsp3) is 0.333. The second-order valence-electron chi connectivity index (χ2n) is 1.90. The van der Waals surface area contributed by atoms with Crippen molar-refractivity contribution in [2.24, 2.45) is 5.73 Å². The summed E-state index contributed by atoms with van der Waals surface area (Å²) in [6.45, 7) is -0.635. The zero-order valence-corrected chi connectivity index (χ0v) is 5.94. The first-order chi connectivity index (χ1) is 4.74. The van der Waals surface area contributed by atoms with E-state index >= 15 is 0 Å². The molecule has 0 bridgehead atoms. The summed E-state index contributed by atoms with van der Waals surface area (Å²) in [5.74, 6) is 0.382. The van der Waals surface area contributed by atoms with Gasteiger partial charge in [0, 0.05) is 0 Å². The molecule has 0 saturated heterocycles. The van der Waals surface area contributed by atoms with Crippen LogP contribution >= 0.6 is 11.6 Å². The molecule has 1 atom stereocenters. The molecule has 2 N–H and O–H groups in total. The lowest BCUT2D eigenvalue weighted by molar-refractivity contribution is 0.381. The Bertz CT molecular complexity index is 213. The van der Waals surface area contributed by atoms with Gasteiger partial charge in [-0.05, 0) is 23.7 Å². The normalized spacial score (nSPS) is 13.5. The Balaban J connectivity index is 2.74. The molecule has 4 heteroatoms. The maximum absolute atomic E-state index is 11.9. The van der Waals surface area contributed by atoms with E-state index in [0.29, 0.717) is 5.76 Å². The molecule has 1 aromatic rings. The zero-order valence-electron chi connectivity index (χ0n) is 5.18. The van der Waals surface area contributed by atoms with Crippen LogP contribution in [0.3, 0.4) is 0 Å². The standard InChI is InChI=1S/C6H7ClFNO/c7-6-2-1-5(10-6)4(9)3-8/h1-2,4H,3,9H2. The van der Waals surface area contributed by atoms with Crippen LogP contribution in [0.1, 0.15) is 11.8 Å². The SMILES string of the molecule is NC(CF)c1ccc(Cl)o1. The summed E-state index contributed by atoms with van der Waals surface area (Å²) in [7, 11) is 0.